The Labute approximate surface area is 344 Å². The lowest BCUT2D eigenvalue weighted by Crippen LogP contribution is -2.56. The highest BCUT2D eigenvalue weighted by atomic mass is 19.1. The summed E-state index contributed by atoms with van der Waals surface area (Å²) < 4.78 is 37.7. The van der Waals surface area contributed by atoms with E-state index in [1.165, 1.54) is 24.3 Å². The Morgan fingerprint density at radius 3 is 1.68 bits per heavy atom. The van der Waals surface area contributed by atoms with Crippen molar-refractivity contribution in [3.05, 3.63) is 179 Å². The van der Waals surface area contributed by atoms with Gasteiger partial charge in [0, 0.05) is 34.5 Å². The van der Waals surface area contributed by atoms with E-state index in [4.69, 9.17) is 24.9 Å². The standard InChI is InChI=1S/C47H39F2N7O4/c1-4-28-54-29(3)38(45(58)60-5-2)46(40(57)36-18-12-13-19-37(36)47(46,54)59)39(43-50-41(30-20-24-32(48)25-21-30)52-55(43)34-14-8-6-9-15-34)44-51-42(31-22-26-33(49)27-23-31)53-56(44)35-16-10-7-11-17-35/h6-27,39,59H,4-5,28H2,1-3H3/t46-,47+/m1/s1. The van der Waals surface area contributed by atoms with Gasteiger partial charge in [0.05, 0.1) is 23.6 Å². The number of ether oxygens (including phenoxy) is 1. The number of hydrogen-bond acceptors (Lipinski definition) is 9. The second-order valence-corrected chi connectivity index (χ2v) is 14.7. The molecular formula is C47H39F2N7O4. The second kappa shape index (κ2) is 14.9. The number of carbonyl (C=O) groups excluding carboxylic acids is 2. The van der Waals surface area contributed by atoms with Gasteiger partial charge >= 0.3 is 5.97 Å². The largest absolute Gasteiger partial charge is 0.463 e. The molecule has 7 aromatic rings. The number of allylic oxidation sites excluding steroid dienone is 1. The number of nitrogens with zero attached hydrogens (tertiary/aromatic N) is 7. The third kappa shape index (κ3) is 5.71. The van der Waals surface area contributed by atoms with Gasteiger partial charge in [0.1, 0.15) is 34.6 Å². The van der Waals surface area contributed by atoms with Crippen LogP contribution in [0.1, 0.15) is 60.7 Å². The zero-order valence-electron chi connectivity index (χ0n) is 33.0. The van der Waals surface area contributed by atoms with Gasteiger partial charge in [-0.15, -0.1) is 10.2 Å². The minimum absolute atomic E-state index is 0.0203. The molecule has 1 N–H and O–H groups in total. The summed E-state index contributed by atoms with van der Waals surface area (Å²) in [5.74, 6) is -3.17. The molecule has 2 aliphatic rings. The number of halogens is 2. The van der Waals surface area contributed by atoms with Gasteiger partial charge in [-0.05, 0) is 93.1 Å². The molecule has 60 heavy (non-hydrogen) atoms. The molecule has 1 aliphatic carbocycles. The van der Waals surface area contributed by atoms with Crippen LogP contribution in [0.25, 0.3) is 34.2 Å². The van der Waals surface area contributed by atoms with Crippen molar-refractivity contribution in [2.24, 2.45) is 5.41 Å². The molecule has 0 bridgehead atoms. The maximum atomic E-state index is 16.1. The topological polar surface area (TPSA) is 128 Å². The average molecular weight is 804 g/mol. The third-order valence-corrected chi connectivity index (χ3v) is 11.4. The Kier molecular flexibility index (Phi) is 9.55. The summed E-state index contributed by atoms with van der Waals surface area (Å²) in [4.78, 5) is 43.1. The fourth-order valence-electron chi connectivity index (χ4n) is 8.90. The van der Waals surface area contributed by atoms with Crippen LogP contribution < -0.4 is 0 Å². The fourth-order valence-corrected chi connectivity index (χ4v) is 8.90. The molecule has 0 radical (unpaired) electrons. The van der Waals surface area contributed by atoms with E-state index in [-0.39, 0.29) is 47.6 Å². The summed E-state index contributed by atoms with van der Waals surface area (Å²) in [6.07, 6.45) is 0.538. The van der Waals surface area contributed by atoms with Crippen molar-refractivity contribution in [3.8, 4) is 34.2 Å². The maximum Gasteiger partial charge on any atom is 0.337 e. The monoisotopic (exact) mass is 803 g/mol. The van der Waals surface area contributed by atoms with Crippen LogP contribution in [0.5, 0.6) is 0 Å². The molecule has 13 heteroatoms. The minimum atomic E-state index is -2.25. The summed E-state index contributed by atoms with van der Waals surface area (Å²) in [5, 5.41) is 24.1. The summed E-state index contributed by atoms with van der Waals surface area (Å²) in [5.41, 5.74) is -1.69. The highest BCUT2D eigenvalue weighted by Crippen LogP contribution is 2.68. The van der Waals surface area contributed by atoms with Crippen LogP contribution in [0, 0.1) is 17.0 Å². The van der Waals surface area contributed by atoms with E-state index >= 15 is 4.79 Å². The third-order valence-electron chi connectivity index (χ3n) is 11.4. The molecule has 5 aromatic carbocycles. The number of para-hydroxylation sites is 2. The molecule has 1 aliphatic heterocycles. The number of esters is 1. The molecule has 9 rings (SSSR count). The van der Waals surface area contributed by atoms with E-state index in [0.29, 0.717) is 40.2 Å². The van der Waals surface area contributed by atoms with Gasteiger partial charge < -0.3 is 14.7 Å². The fraction of sp³-hybridized carbons (Fsp3) is 0.191. The van der Waals surface area contributed by atoms with Crippen LogP contribution in [-0.2, 0) is 15.3 Å². The lowest BCUT2D eigenvalue weighted by molar-refractivity contribution is -0.153. The molecule has 2 aromatic heterocycles. The first kappa shape index (κ1) is 38.4. The Bertz CT molecular complexity index is 2660. The van der Waals surface area contributed by atoms with Crippen LogP contribution in [0.4, 0.5) is 8.78 Å². The molecule has 0 unspecified atom stereocenters. The van der Waals surface area contributed by atoms with Crippen molar-refractivity contribution < 1.29 is 28.2 Å². The van der Waals surface area contributed by atoms with Crippen molar-refractivity contribution in [2.75, 3.05) is 13.2 Å². The number of aliphatic hydroxyl groups is 1. The van der Waals surface area contributed by atoms with Crippen molar-refractivity contribution in [1.82, 2.24) is 34.4 Å². The Morgan fingerprint density at radius 1 is 0.717 bits per heavy atom. The predicted octanol–water partition coefficient (Wildman–Crippen LogP) is 8.18. The Hall–Kier alpha value is -7.12. The molecule has 2 atom stereocenters. The van der Waals surface area contributed by atoms with Crippen LogP contribution in [-0.4, -0.2) is 64.4 Å². The molecule has 0 fully saturated rings. The van der Waals surface area contributed by atoms with E-state index in [1.807, 2.05) is 67.6 Å². The number of rotatable bonds is 11. The van der Waals surface area contributed by atoms with E-state index < -0.39 is 40.4 Å². The van der Waals surface area contributed by atoms with Gasteiger partial charge in [-0.1, -0.05) is 67.6 Å². The van der Waals surface area contributed by atoms with Gasteiger partial charge in [0.2, 0.25) is 0 Å². The molecule has 300 valence electrons. The van der Waals surface area contributed by atoms with Crippen molar-refractivity contribution in [3.63, 3.8) is 0 Å². The lowest BCUT2D eigenvalue weighted by atomic mass is 9.62. The summed E-state index contributed by atoms with van der Waals surface area (Å²) >= 11 is 0. The summed E-state index contributed by atoms with van der Waals surface area (Å²) in [6, 6.07) is 36.5. The Morgan fingerprint density at radius 2 is 1.20 bits per heavy atom. The van der Waals surface area contributed by atoms with Crippen molar-refractivity contribution in [2.45, 2.75) is 38.8 Å². The normalized spacial score (nSPS) is 18.3. The predicted molar refractivity (Wildman–Crippen MR) is 219 cm³/mol. The van der Waals surface area contributed by atoms with Crippen LogP contribution in [0.2, 0.25) is 0 Å². The lowest BCUT2D eigenvalue weighted by Gasteiger charge is -2.45. The van der Waals surface area contributed by atoms with Crippen molar-refractivity contribution >= 4 is 11.8 Å². The molecule has 0 amide bonds. The number of carbonyl (C=O) groups is 2. The highest BCUT2D eigenvalue weighted by molar-refractivity contribution is 6.15. The van der Waals surface area contributed by atoms with Gasteiger partial charge in [-0.25, -0.2) is 32.9 Å². The summed E-state index contributed by atoms with van der Waals surface area (Å²) in [6.45, 7) is 5.57. The van der Waals surface area contributed by atoms with Crippen molar-refractivity contribution in [1.29, 1.82) is 0 Å². The van der Waals surface area contributed by atoms with Gasteiger partial charge in [-0.3, -0.25) is 4.79 Å². The van der Waals surface area contributed by atoms with E-state index in [0.717, 1.165) is 0 Å². The smallest absolute Gasteiger partial charge is 0.337 e. The van der Waals surface area contributed by atoms with E-state index in [2.05, 4.69) is 0 Å². The van der Waals surface area contributed by atoms with Gasteiger partial charge in [0.15, 0.2) is 23.2 Å². The van der Waals surface area contributed by atoms with Crippen LogP contribution >= 0.6 is 0 Å². The van der Waals surface area contributed by atoms with E-state index in [1.54, 1.807) is 76.6 Å². The average Bonchev–Trinajstić information content (AvgIpc) is 4.00. The van der Waals surface area contributed by atoms with Crippen LogP contribution in [0.15, 0.2) is 145 Å². The first-order valence-electron chi connectivity index (χ1n) is 19.7. The second-order valence-electron chi connectivity index (χ2n) is 14.7. The SMILES string of the molecule is CCCN1C(C)=C(C(=O)OCC)[C@@]2(C(c3nc(-c4ccc(F)cc4)nn3-c3ccccc3)c3nc(-c4ccc(F)cc4)nn3-c3ccccc3)C(=O)c3ccccc3[C@@]12O. The van der Waals surface area contributed by atoms with Crippen LogP contribution in [0.3, 0.4) is 0 Å². The summed E-state index contributed by atoms with van der Waals surface area (Å²) in [7, 11) is 0. The zero-order chi connectivity index (χ0) is 41.8. The number of ketones is 1. The van der Waals surface area contributed by atoms with E-state index in [9.17, 15) is 18.7 Å². The first-order chi connectivity index (χ1) is 29.1. The Balaban J connectivity index is 1.48. The first-order valence-corrected chi connectivity index (χ1v) is 19.7. The number of fused-ring (bicyclic) bond motifs is 3. The number of aromatic nitrogens is 6. The zero-order valence-corrected chi connectivity index (χ0v) is 33.0. The molecule has 0 saturated heterocycles. The maximum absolute atomic E-state index is 16.1. The molecule has 0 spiro atoms. The van der Waals surface area contributed by atoms with Gasteiger partial charge in [0.25, 0.3) is 0 Å². The molecule has 0 saturated carbocycles. The molecular weight excluding hydrogens is 765 g/mol. The highest BCUT2D eigenvalue weighted by Gasteiger charge is 2.77. The quantitative estimate of drug-likeness (QED) is 0.129. The number of benzene rings is 5. The molecule has 3 heterocycles. The minimum Gasteiger partial charge on any atom is -0.463 e. The van der Waals surface area contributed by atoms with Gasteiger partial charge in [-0.2, -0.15) is 0 Å². The molecule has 11 nitrogen and oxygen atoms in total. The number of hydrogen-bond donors (Lipinski definition) is 1. The number of Topliss-reactive ketones (excluding diaryl/α,β-unsaturated/α-hetero) is 1.